The second-order valence-electron chi connectivity index (χ2n) is 5.37. The van der Waals surface area contributed by atoms with Gasteiger partial charge in [0, 0.05) is 24.7 Å². The smallest absolute Gasteiger partial charge is 0.120 e. The molecule has 108 valence electrons. The van der Waals surface area contributed by atoms with Gasteiger partial charge >= 0.3 is 0 Å². The first-order chi connectivity index (χ1) is 9.10. The second kappa shape index (κ2) is 8.18. The molecule has 3 heteroatoms. The van der Waals surface area contributed by atoms with Crippen molar-refractivity contribution < 1.29 is 5.11 Å². The van der Waals surface area contributed by atoms with Crippen LogP contribution in [0.1, 0.15) is 32.3 Å². The van der Waals surface area contributed by atoms with E-state index in [0.717, 1.165) is 18.7 Å². The number of phenols is 1. The molecule has 0 spiro atoms. The fourth-order valence-corrected chi connectivity index (χ4v) is 2.62. The first kappa shape index (κ1) is 16.0. The van der Waals surface area contributed by atoms with Gasteiger partial charge in [0.05, 0.1) is 0 Å². The van der Waals surface area contributed by atoms with Crippen molar-refractivity contribution in [3.63, 3.8) is 0 Å². The molecule has 0 heterocycles. The number of likely N-dealkylation sites (N-methyl/N-ethyl adjacent to an activating group) is 1. The Labute approximate surface area is 117 Å². The highest BCUT2D eigenvalue weighted by molar-refractivity contribution is 5.31. The van der Waals surface area contributed by atoms with Crippen LogP contribution in [0.15, 0.2) is 24.3 Å². The number of phenolic OH excluding ortho intramolecular Hbond substituents is 1. The van der Waals surface area contributed by atoms with Crippen LogP contribution >= 0.6 is 0 Å². The van der Waals surface area contributed by atoms with Crippen molar-refractivity contribution in [3.05, 3.63) is 29.8 Å². The largest absolute Gasteiger partial charge is 0.508 e. The van der Waals surface area contributed by atoms with Gasteiger partial charge in [-0.1, -0.05) is 44.9 Å². The zero-order chi connectivity index (χ0) is 14.3. The standard InChI is InChI=1S/C16H28N2O/c1-5-13(6-2)15(18(3)4)12-17-11-14-9-7-8-10-16(14)19/h7-10,13,15,17,19H,5-6,11-12H2,1-4H3. The number of hydrogen-bond donors (Lipinski definition) is 2. The van der Waals surface area contributed by atoms with E-state index in [2.05, 4.69) is 38.2 Å². The minimum absolute atomic E-state index is 0.374. The Morgan fingerprint density at radius 1 is 1.16 bits per heavy atom. The van der Waals surface area contributed by atoms with E-state index in [1.165, 1.54) is 12.8 Å². The van der Waals surface area contributed by atoms with Gasteiger partial charge in [-0.15, -0.1) is 0 Å². The van der Waals surface area contributed by atoms with Crippen LogP contribution < -0.4 is 5.32 Å². The van der Waals surface area contributed by atoms with Gasteiger partial charge in [-0.2, -0.15) is 0 Å². The van der Waals surface area contributed by atoms with E-state index in [1.807, 2.05) is 18.2 Å². The van der Waals surface area contributed by atoms with Crippen LogP contribution in [0.3, 0.4) is 0 Å². The van der Waals surface area contributed by atoms with E-state index in [9.17, 15) is 5.11 Å². The molecule has 0 aromatic heterocycles. The van der Waals surface area contributed by atoms with Crippen LogP contribution in [0.2, 0.25) is 0 Å². The molecule has 2 N–H and O–H groups in total. The highest BCUT2D eigenvalue weighted by Crippen LogP contribution is 2.18. The van der Waals surface area contributed by atoms with Crippen molar-refractivity contribution in [2.24, 2.45) is 5.92 Å². The summed E-state index contributed by atoms with van der Waals surface area (Å²) in [5.74, 6) is 1.09. The molecule has 0 saturated carbocycles. The van der Waals surface area contributed by atoms with Gasteiger partial charge in [-0.05, 0) is 26.1 Å². The third-order valence-electron chi connectivity index (χ3n) is 3.92. The van der Waals surface area contributed by atoms with Gasteiger partial charge in [-0.25, -0.2) is 0 Å². The van der Waals surface area contributed by atoms with Crippen molar-refractivity contribution in [1.82, 2.24) is 10.2 Å². The lowest BCUT2D eigenvalue weighted by molar-refractivity contribution is 0.194. The third kappa shape index (κ3) is 4.84. The highest BCUT2D eigenvalue weighted by Gasteiger charge is 2.20. The van der Waals surface area contributed by atoms with E-state index < -0.39 is 0 Å². The molecule has 1 aromatic carbocycles. The maximum atomic E-state index is 9.74. The summed E-state index contributed by atoms with van der Waals surface area (Å²) in [6.45, 7) is 6.19. The fourth-order valence-electron chi connectivity index (χ4n) is 2.62. The maximum absolute atomic E-state index is 9.74. The summed E-state index contributed by atoms with van der Waals surface area (Å²) in [4.78, 5) is 2.30. The van der Waals surface area contributed by atoms with E-state index in [0.29, 0.717) is 17.7 Å². The Kier molecular flexibility index (Phi) is 6.89. The van der Waals surface area contributed by atoms with Crippen LogP contribution in [-0.2, 0) is 6.54 Å². The number of aromatic hydroxyl groups is 1. The first-order valence-electron chi connectivity index (χ1n) is 7.24. The lowest BCUT2D eigenvalue weighted by atomic mass is 9.93. The van der Waals surface area contributed by atoms with Crippen molar-refractivity contribution in [2.75, 3.05) is 20.6 Å². The lowest BCUT2D eigenvalue weighted by Crippen LogP contribution is -2.42. The number of rotatable bonds is 8. The zero-order valence-electron chi connectivity index (χ0n) is 12.7. The number of nitrogens with zero attached hydrogens (tertiary/aromatic N) is 1. The van der Waals surface area contributed by atoms with E-state index >= 15 is 0 Å². The molecule has 1 rings (SSSR count). The molecular weight excluding hydrogens is 236 g/mol. The lowest BCUT2D eigenvalue weighted by Gasteiger charge is -2.31. The molecule has 1 atom stereocenters. The first-order valence-corrected chi connectivity index (χ1v) is 7.24. The molecule has 0 aliphatic rings. The molecule has 1 aromatic rings. The number of nitrogens with one attached hydrogen (secondary N) is 1. The van der Waals surface area contributed by atoms with Crippen LogP contribution in [-0.4, -0.2) is 36.7 Å². The van der Waals surface area contributed by atoms with Gasteiger partial charge in [0.15, 0.2) is 0 Å². The quantitative estimate of drug-likeness (QED) is 0.758. The molecular formula is C16H28N2O. The average Bonchev–Trinajstić information content (AvgIpc) is 2.40. The van der Waals surface area contributed by atoms with Crippen molar-refractivity contribution in [3.8, 4) is 5.75 Å². The van der Waals surface area contributed by atoms with E-state index in [-0.39, 0.29) is 0 Å². The molecule has 0 aliphatic carbocycles. The predicted octanol–water partition coefficient (Wildman–Crippen LogP) is 2.85. The molecule has 0 amide bonds. The number of para-hydroxylation sites is 1. The molecule has 0 radical (unpaired) electrons. The monoisotopic (exact) mass is 264 g/mol. The second-order valence-corrected chi connectivity index (χ2v) is 5.37. The van der Waals surface area contributed by atoms with Gasteiger partial charge in [0.1, 0.15) is 5.75 Å². The van der Waals surface area contributed by atoms with Gasteiger partial charge in [0.25, 0.3) is 0 Å². The van der Waals surface area contributed by atoms with Crippen LogP contribution in [0.4, 0.5) is 0 Å². The van der Waals surface area contributed by atoms with Crippen LogP contribution in [0, 0.1) is 5.92 Å². The molecule has 19 heavy (non-hydrogen) atoms. The van der Waals surface area contributed by atoms with Gasteiger partial charge < -0.3 is 15.3 Å². The summed E-state index contributed by atoms with van der Waals surface area (Å²) < 4.78 is 0. The minimum atomic E-state index is 0.374. The van der Waals surface area contributed by atoms with Crippen LogP contribution in [0.5, 0.6) is 5.75 Å². The Balaban J connectivity index is 2.51. The highest BCUT2D eigenvalue weighted by atomic mass is 16.3. The Morgan fingerprint density at radius 3 is 2.32 bits per heavy atom. The van der Waals surface area contributed by atoms with Crippen molar-refractivity contribution in [1.29, 1.82) is 0 Å². The predicted molar refractivity (Wildman–Crippen MR) is 81.4 cm³/mol. The third-order valence-corrected chi connectivity index (χ3v) is 3.92. The maximum Gasteiger partial charge on any atom is 0.120 e. The molecule has 0 fully saturated rings. The average molecular weight is 264 g/mol. The van der Waals surface area contributed by atoms with Crippen LogP contribution in [0.25, 0.3) is 0 Å². The number of hydrogen-bond acceptors (Lipinski definition) is 3. The molecule has 1 unspecified atom stereocenters. The molecule has 0 bridgehead atoms. The van der Waals surface area contributed by atoms with Gasteiger partial charge in [0.2, 0.25) is 0 Å². The summed E-state index contributed by atoms with van der Waals surface area (Å²) in [6, 6.07) is 8.05. The van der Waals surface area contributed by atoms with E-state index in [1.54, 1.807) is 6.07 Å². The topological polar surface area (TPSA) is 35.5 Å². The summed E-state index contributed by atoms with van der Waals surface area (Å²) in [6.07, 6.45) is 2.41. The summed E-state index contributed by atoms with van der Waals surface area (Å²) >= 11 is 0. The fraction of sp³-hybridized carbons (Fsp3) is 0.625. The van der Waals surface area contributed by atoms with Gasteiger partial charge in [-0.3, -0.25) is 0 Å². The van der Waals surface area contributed by atoms with Crippen molar-refractivity contribution in [2.45, 2.75) is 39.3 Å². The normalized spacial score (nSPS) is 13.2. The minimum Gasteiger partial charge on any atom is -0.508 e. The zero-order valence-corrected chi connectivity index (χ0v) is 12.7. The van der Waals surface area contributed by atoms with E-state index in [4.69, 9.17) is 0 Å². The number of benzene rings is 1. The Hall–Kier alpha value is -1.06. The summed E-state index contributed by atoms with van der Waals surface area (Å²) in [5.41, 5.74) is 0.963. The molecule has 0 aliphatic heterocycles. The molecule has 0 saturated heterocycles. The van der Waals surface area contributed by atoms with Crippen molar-refractivity contribution >= 4 is 0 Å². The Bertz CT molecular complexity index is 362. The summed E-state index contributed by atoms with van der Waals surface area (Å²) in [7, 11) is 4.29. The summed E-state index contributed by atoms with van der Waals surface area (Å²) in [5, 5.41) is 13.2. The molecule has 3 nitrogen and oxygen atoms in total. The Morgan fingerprint density at radius 2 is 1.79 bits per heavy atom. The SMILES string of the molecule is CCC(CC)C(CNCc1ccccc1O)N(C)C.